The average Bonchev–Trinajstić information content (AvgIpc) is 2.42. The van der Waals surface area contributed by atoms with Crippen LogP contribution in [-0.4, -0.2) is 4.98 Å². The maximum absolute atomic E-state index is 13.4. The summed E-state index contributed by atoms with van der Waals surface area (Å²) >= 11 is 0. The third-order valence-electron chi connectivity index (χ3n) is 2.70. The molecule has 19 heavy (non-hydrogen) atoms. The molecule has 3 nitrogen and oxygen atoms in total. The number of nitrogens with zero attached hydrogens (tertiary/aromatic N) is 1. The Morgan fingerprint density at radius 2 is 2.05 bits per heavy atom. The van der Waals surface area contributed by atoms with Gasteiger partial charge in [-0.25, -0.2) is 8.78 Å². The van der Waals surface area contributed by atoms with Crippen LogP contribution in [0.2, 0.25) is 0 Å². The molecule has 2 N–H and O–H groups in total. The molecule has 0 bridgehead atoms. The monoisotopic (exact) mass is 264 g/mol. The molecule has 0 unspecified atom stereocenters. The average molecular weight is 264 g/mol. The minimum absolute atomic E-state index is 0.0456. The molecular weight excluding hydrogens is 250 g/mol. The van der Waals surface area contributed by atoms with Crippen LogP contribution in [0.4, 0.5) is 8.78 Å². The number of halogens is 2. The van der Waals surface area contributed by atoms with Gasteiger partial charge in [0.25, 0.3) is 0 Å². The lowest BCUT2D eigenvalue weighted by molar-refractivity contribution is 0.435. The summed E-state index contributed by atoms with van der Waals surface area (Å²) in [5, 5.41) is 0. The minimum Gasteiger partial charge on any atom is -0.453 e. The lowest BCUT2D eigenvalue weighted by atomic mass is 10.1. The Bertz CT molecular complexity index is 558. The van der Waals surface area contributed by atoms with E-state index in [1.165, 1.54) is 12.3 Å². The Labute approximate surface area is 110 Å². The minimum atomic E-state index is -0.755. The maximum Gasteiger partial charge on any atom is 0.168 e. The van der Waals surface area contributed by atoms with Gasteiger partial charge in [0, 0.05) is 12.1 Å². The summed E-state index contributed by atoms with van der Waals surface area (Å²) in [5.41, 5.74) is 6.58. The van der Waals surface area contributed by atoms with Crippen LogP contribution in [0.25, 0.3) is 0 Å². The number of nitrogens with two attached hydrogens (primary N) is 1. The van der Waals surface area contributed by atoms with Crippen molar-refractivity contribution in [2.24, 2.45) is 5.73 Å². The molecule has 1 aromatic heterocycles. The molecule has 0 aliphatic carbocycles. The molecule has 100 valence electrons. The summed E-state index contributed by atoms with van der Waals surface area (Å²) in [6.45, 7) is 1.96. The number of hydrogen-bond donors (Lipinski definition) is 1. The van der Waals surface area contributed by atoms with Gasteiger partial charge in [0.05, 0.1) is 11.9 Å². The number of rotatable bonds is 4. The van der Waals surface area contributed by atoms with Crippen LogP contribution >= 0.6 is 0 Å². The van der Waals surface area contributed by atoms with Crippen molar-refractivity contribution in [3.8, 4) is 11.5 Å². The fourth-order valence-electron chi connectivity index (χ4n) is 1.57. The first kappa shape index (κ1) is 13.4. The van der Waals surface area contributed by atoms with Crippen molar-refractivity contribution in [1.29, 1.82) is 0 Å². The van der Waals surface area contributed by atoms with Crippen LogP contribution in [0.15, 0.2) is 36.5 Å². The van der Waals surface area contributed by atoms with Crippen LogP contribution in [-0.2, 0) is 0 Å². The molecule has 0 amide bonds. The van der Waals surface area contributed by atoms with Crippen molar-refractivity contribution >= 4 is 0 Å². The SMILES string of the molecule is CC[C@@H](N)c1ccc(Oc2ccc(F)cc2F)cn1. The molecule has 0 saturated carbocycles. The van der Waals surface area contributed by atoms with E-state index in [0.717, 1.165) is 24.2 Å². The Balaban J connectivity index is 2.15. The van der Waals surface area contributed by atoms with Gasteiger partial charge in [-0.3, -0.25) is 4.98 Å². The second-order valence-electron chi connectivity index (χ2n) is 4.11. The Morgan fingerprint density at radius 3 is 2.63 bits per heavy atom. The predicted molar refractivity (Wildman–Crippen MR) is 67.9 cm³/mol. The zero-order chi connectivity index (χ0) is 13.8. The van der Waals surface area contributed by atoms with Gasteiger partial charge in [-0.05, 0) is 30.7 Å². The van der Waals surface area contributed by atoms with E-state index < -0.39 is 11.6 Å². The largest absolute Gasteiger partial charge is 0.453 e. The summed E-state index contributed by atoms with van der Waals surface area (Å²) in [4.78, 5) is 4.15. The van der Waals surface area contributed by atoms with Crippen molar-refractivity contribution in [1.82, 2.24) is 4.98 Å². The molecule has 2 rings (SSSR count). The first-order valence-corrected chi connectivity index (χ1v) is 5.94. The first-order chi connectivity index (χ1) is 9.10. The maximum atomic E-state index is 13.4. The van der Waals surface area contributed by atoms with Crippen LogP contribution < -0.4 is 10.5 Å². The standard InChI is InChI=1S/C14H14F2N2O/c1-2-12(17)13-5-4-10(8-18-13)19-14-6-3-9(15)7-11(14)16/h3-8,12H,2,17H2,1H3/t12-/m1/s1. The molecule has 0 radical (unpaired) electrons. The van der Waals surface area contributed by atoms with Gasteiger partial charge >= 0.3 is 0 Å². The van der Waals surface area contributed by atoms with Gasteiger partial charge in [0.2, 0.25) is 0 Å². The molecule has 0 aliphatic rings. The summed E-state index contributed by atoms with van der Waals surface area (Å²) < 4.78 is 31.4. The first-order valence-electron chi connectivity index (χ1n) is 5.94. The van der Waals surface area contributed by atoms with Gasteiger partial charge in [-0.1, -0.05) is 6.92 Å². The van der Waals surface area contributed by atoms with Gasteiger partial charge in [0.15, 0.2) is 11.6 Å². The Morgan fingerprint density at radius 1 is 1.26 bits per heavy atom. The Kier molecular flexibility index (Phi) is 4.06. The highest BCUT2D eigenvalue weighted by Gasteiger charge is 2.08. The Hall–Kier alpha value is -2.01. The lowest BCUT2D eigenvalue weighted by Crippen LogP contribution is -2.10. The quantitative estimate of drug-likeness (QED) is 0.918. The lowest BCUT2D eigenvalue weighted by Gasteiger charge is -2.10. The zero-order valence-corrected chi connectivity index (χ0v) is 10.4. The van der Waals surface area contributed by atoms with E-state index >= 15 is 0 Å². The number of aromatic nitrogens is 1. The van der Waals surface area contributed by atoms with E-state index in [0.29, 0.717) is 5.75 Å². The molecule has 1 atom stereocenters. The van der Waals surface area contributed by atoms with Crippen LogP contribution in [0.5, 0.6) is 11.5 Å². The third-order valence-corrected chi connectivity index (χ3v) is 2.70. The molecule has 2 aromatic rings. The van der Waals surface area contributed by atoms with E-state index in [2.05, 4.69) is 4.98 Å². The topological polar surface area (TPSA) is 48.1 Å². The van der Waals surface area contributed by atoms with Gasteiger partial charge < -0.3 is 10.5 Å². The van der Waals surface area contributed by atoms with E-state index in [1.807, 2.05) is 6.92 Å². The number of pyridine rings is 1. The summed E-state index contributed by atoms with van der Waals surface area (Å²) in [5.74, 6) is -1.07. The number of ether oxygens (including phenoxy) is 1. The van der Waals surface area contributed by atoms with E-state index in [-0.39, 0.29) is 11.8 Å². The van der Waals surface area contributed by atoms with E-state index in [4.69, 9.17) is 10.5 Å². The van der Waals surface area contributed by atoms with Gasteiger partial charge in [-0.15, -0.1) is 0 Å². The van der Waals surface area contributed by atoms with Crippen LogP contribution in [0.1, 0.15) is 25.1 Å². The van der Waals surface area contributed by atoms with E-state index in [1.54, 1.807) is 12.1 Å². The second-order valence-corrected chi connectivity index (χ2v) is 4.11. The number of hydrogen-bond acceptors (Lipinski definition) is 3. The normalized spacial score (nSPS) is 12.2. The second kappa shape index (κ2) is 5.75. The van der Waals surface area contributed by atoms with Crippen molar-refractivity contribution in [3.05, 3.63) is 53.9 Å². The highest BCUT2D eigenvalue weighted by atomic mass is 19.1. The highest BCUT2D eigenvalue weighted by molar-refractivity contribution is 5.31. The third kappa shape index (κ3) is 3.26. The molecule has 0 saturated heterocycles. The van der Waals surface area contributed by atoms with Crippen molar-refractivity contribution in [2.45, 2.75) is 19.4 Å². The fourth-order valence-corrected chi connectivity index (χ4v) is 1.57. The molecule has 0 spiro atoms. The summed E-state index contributed by atoms with van der Waals surface area (Å²) in [6.07, 6.45) is 2.24. The molecule has 0 aliphatic heterocycles. The number of benzene rings is 1. The van der Waals surface area contributed by atoms with Gasteiger partial charge in [0.1, 0.15) is 11.6 Å². The van der Waals surface area contributed by atoms with Crippen molar-refractivity contribution in [3.63, 3.8) is 0 Å². The highest BCUT2D eigenvalue weighted by Crippen LogP contribution is 2.25. The van der Waals surface area contributed by atoms with Crippen LogP contribution in [0.3, 0.4) is 0 Å². The summed E-state index contributed by atoms with van der Waals surface area (Å²) in [7, 11) is 0. The molecule has 1 aromatic carbocycles. The van der Waals surface area contributed by atoms with E-state index in [9.17, 15) is 8.78 Å². The molecular formula is C14H14F2N2O. The smallest absolute Gasteiger partial charge is 0.168 e. The molecule has 0 fully saturated rings. The fraction of sp³-hybridized carbons (Fsp3) is 0.214. The molecule has 5 heteroatoms. The van der Waals surface area contributed by atoms with Crippen molar-refractivity contribution in [2.75, 3.05) is 0 Å². The predicted octanol–water partition coefficient (Wildman–Crippen LogP) is 3.56. The summed E-state index contributed by atoms with van der Waals surface area (Å²) in [6, 6.07) is 6.39. The van der Waals surface area contributed by atoms with Gasteiger partial charge in [-0.2, -0.15) is 0 Å². The molecule has 1 heterocycles. The van der Waals surface area contributed by atoms with Crippen LogP contribution in [0, 0.1) is 11.6 Å². The van der Waals surface area contributed by atoms with Crippen molar-refractivity contribution < 1.29 is 13.5 Å². The zero-order valence-electron chi connectivity index (χ0n) is 10.4.